The van der Waals surface area contributed by atoms with Crippen LogP contribution in [-0.2, 0) is 10.9 Å². The lowest BCUT2D eigenvalue weighted by molar-refractivity contribution is -0.145. The van der Waals surface area contributed by atoms with Crippen molar-refractivity contribution in [1.29, 1.82) is 0 Å². The third-order valence-electron chi connectivity index (χ3n) is 5.61. The molecule has 1 aromatic carbocycles. The van der Waals surface area contributed by atoms with E-state index in [2.05, 4.69) is 25.2 Å². The van der Waals surface area contributed by atoms with Gasteiger partial charge < -0.3 is 19.7 Å². The molecule has 1 N–H and O–H groups in total. The van der Waals surface area contributed by atoms with E-state index in [0.717, 1.165) is 28.0 Å². The van der Waals surface area contributed by atoms with Crippen LogP contribution in [0.25, 0.3) is 10.6 Å². The molecule has 4 rings (SSSR count). The number of carbonyl (C=O) groups is 1. The summed E-state index contributed by atoms with van der Waals surface area (Å²) < 4.78 is 49.9. The van der Waals surface area contributed by atoms with Crippen LogP contribution in [-0.4, -0.2) is 53.8 Å². The highest BCUT2D eigenvalue weighted by molar-refractivity contribution is 7.15. The number of carbonyl (C=O) groups excluding carboxylic acids is 1. The molecule has 1 amide bonds. The van der Waals surface area contributed by atoms with Gasteiger partial charge in [-0.05, 0) is 32.9 Å². The SMILES string of the molecule is CCOCCN1CCOc2c(-c3ncc(C)s3)cc(C(=O)NC(C)c3cnc(C(F)(F)F)nc3)cc21. The van der Waals surface area contributed by atoms with E-state index in [1.54, 1.807) is 25.3 Å². The van der Waals surface area contributed by atoms with Crippen molar-refractivity contribution in [3.05, 3.63) is 52.6 Å². The van der Waals surface area contributed by atoms with Crippen molar-refractivity contribution in [3.8, 4) is 16.3 Å². The monoisotopic (exact) mass is 521 g/mol. The van der Waals surface area contributed by atoms with Crippen molar-refractivity contribution in [3.63, 3.8) is 0 Å². The van der Waals surface area contributed by atoms with Crippen LogP contribution in [0.3, 0.4) is 0 Å². The third kappa shape index (κ3) is 5.76. The number of rotatable bonds is 8. The highest BCUT2D eigenvalue weighted by Gasteiger charge is 2.34. The molecule has 8 nitrogen and oxygen atoms in total. The molecule has 3 aromatic rings. The fraction of sp³-hybridized carbons (Fsp3) is 0.417. The first kappa shape index (κ1) is 25.8. The second-order valence-corrected chi connectivity index (χ2v) is 9.45. The van der Waals surface area contributed by atoms with Gasteiger partial charge in [-0.1, -0.05) is 0 Å². The molecular formula is C24H26F3N5O3S. The Morgan fingerprint density at radius 1 is 1.25 bits per heavy atom. The summed E-state index contributed by atoms with van der Waals surface area (Å²) >= 11 is 1.50. The molecule has 3 heterocycles. The molecule has 192 valence electrons. The predicted molar refractivity (Wildman–Crippen MR) is 129 cm³/mol. The molecule has 0 saturated heterocycles. The summed E-state index contributed by atoms with van der Waals surface area (Å²) in [6, 6.07) is 2.87. The molecular weight excluding hydrogens is 495 g/mol. The summed E-state index contributed by atoms with van der Waals surface area (Å²) in [5.74, 6) is -0.960. The summed E-state index contributed by atoms with van der Waals surface area (Å²) in [6.45, 7) is 8.44. The van der Waals surface area contributed by atoms with Gasteiger partial charge in [-0.15, -0.1) is 11.3 Å². The molecule has 0 spiro atoms. The Bertz CT molecular complexity index is 1220. The Balaban J connectivity index is 1.63. The fourth-order valence-corrected chi connectivity index (χ4v) is 4.55. The number of amides is 1. The first-order chi connectivity index (χ1) is 17.2. The Hall–Kier alpha value is -3.25. The minimum atomic E-state index is -4.63. The highest BCUT2D eigenvalue weighted by Crippen LogP contribution is 2.43. The normalized spacial score (nSPS) is 14.2. The van der Waals surface area contributed by atoms with Crippen molar-refractivity contribution in [1.82, 2.24) is 20.3 Å². The number of halogens is 3. The van der Waals surface area contributed by atoms with Crippen LogP contribution in [0, 0.1) is 6.92 Å². The Morgan fingerprint density at radius 3 is 2.64 bits per heavy atom. The quantitative estimate of drug-likeness (QED) is 0.432. The summed E-state index contributed by atoms with van der Waals surface area (Å²) in [6.07, 6.45) is -0.724. The number of thiazole rings is 1. The number of ether oxygens (including phenoxy) is 2. The molecule has 2 aromatic heterocycles. The van der Waals surface area contributed by atoms with Crippen LogP contribution in [0.1, 0.15) is 46.5 Å². The van der Waals surface area contributed by atoms with Crippen molar-refractivity contribution in [2.45, 2.75) is 33.0 Å². The maximum absolute atomic E-state index is 13.3. The molecule has 1 aliphatic heterocycles. The summed E-state index contributed by atoms with van der Waals surface area (Å²) in [7, 11) is 0. The van der Waals surface area contributed by atoms with Gasteiger partial charge in [-0.3, -0.25) is 4.79 Å². The predicted octanol–water partition coefficient (Wildman–Crippen LogP) is 4.65. The Morgan fingerprint density at radius 2 is 2.00 bits per heavy atom. The highest BCUT2D eigenvalue weighted by atomic mass is 32.1. The second-order valence-electron chi connectivity index (χ2n) is 8.21. The van der Waals surface area contributed by atoms with Gasteiger partial charge in [0.25, 0.3) is 5.91 Å². The summed E-state index contributed by atoms with van der Waals surface area (Å²) in [5.41, 5.74) is 2.21. The van der Waals surface area contributed by atoms with Gasteiger partial charge in [-0.25, -0.2) is 15.0 Å². The van der Waals surface area contributed by atoms with E-state index >= 15 is 0 Å². The molecule has 0 aliphatic carbocycles. The number of hydrogen-bond donors (Lipinski definition) is 1. The van der Waals surface area contributed by atoms with Crippen LogP contribution in [0.5, 0.6) is 5.75 Å². The summed E-state index contributed by atoms with van der Waals surface area (Å²) in [4.78, 5) is 27.6. The number of fused-ring (bicyclic) bond motifs is 1. The number of nitrogens with one attached hydrogen (secondary N) is 1. The average Bonchev–Trinajstić information content (AvgIpc) is 3.29. The van der Waals surface area contributed by atoms with Crippen molar-refractivity contribution >= 4 is 22.9 Å². The molecule has 0 radical (unpaired) electrons. The largest absolute Gasteiger partial charge is 0.489 e. The van der Waals surface area contributed by atoms with Gasteiger partial charge in [0.05, 0.1) is 30.4 Å². The van der Waals surface area contributed by atoms with Gasteiger partial charge in [0.15, 0.2) is 5.75 Å². The van der Waals surface area contributed by atoms with E-state index in [1.807, 2.05) is 13.8 Å². The van der Waals surface area contributed by atoms with Crippen LogP contribution in [0.2, 0.25) is 0 Å². The number of aryl methyl sites for hydroxylation is 1. The second kappa shape index (κ2) is 10.8. The van der Waals surface area contributed by atoms with Crippen molar-refractivity contribution in [2.24, 2.45) is 0 Å². The van der Waals surface area contributed by atoms with Gasteiger partial charge in [-0.2, -0.15) is 13.2 Å². The van der Waals surface area contributed by atoms with E-state index < -0.39 is 23.9 Å². The van der Waals surface area contributed by atoms with E-state index in [0.29, 0.717) is 55.4 Å². The molecule has 0 fully saturated rings. The van der Waals surface area contributed by atoms with E-state index in [4.69, 9.17) is 9.47 Å². The maximum Gasteiger partial charge on any atom is 0.451 e. The van der Waals surface area contributed by atoms with Crippen LogP contribution in [0.4, 0.5) is 18.9 Å². The standard InChI is InChI=1S/C24H26F3N5O3S/c1-4-34-7-5-32-6-8-35-20-18(22-28-11-14(2)36-22)9-16(10-19(20)32)21(33)31-15(3)17-12-29-23(30-13-17)24(25,26)27/h9-13,15H,4-8H2,1-3H3,(H,31,33). The number of alkyl halides is 3. The Kier molecular flexibility index (Phi) is 7.74. The molecule has 0 saturated carbocycles. The van der Waals surface area contributed by atoms with Crippen LogP contribution < -0.4 is 15.0 Å². The topological polar surface area (TPSA) is 89.5 Å². The zero-order valence-electron chi connectivity index (χ0n) is 20.1. The lowest BCUT2D eigenvalue weighted by atomic mass is 10.0. The lowest BCUT2D eigenvalue weighted by Gasteiger charge is -2.32. The van der Waals surface area contributed by atoms with Gasteiger partial charge >= 0.3 is 6.18 Å². The average molecular weight is 522 g/mol. The van der Waals surface area contributed by atoms with Crippen molar-refractivity contribution < 1.29 is 27.4 Å². The van der Waals surface area contributed by atoms with Gasteiger partial charge in [0.2, 0.25) is 5.82 Å². The summed E-state index contributed by atoms with van der Waals surface area (Å²) in [5, 5.41) is 3.56. The number of nitrogens with zero attached hydrogens (tertiary/aromatic N) is 4. The number of anilines is 1. The van der Waals surface area contributed by atoms with Crippen LogP contribution >= 0.6 is 11.3 Å². The third-order valence-corrected chi connectivity index (χ3v) is 6.56. The number of benzene rings is 1. The zero-order chi connectivity index (χ0) is 25.9. The maximum atomic E-state index is 13.3. The molecule has 36 heavy (non-hydrogen) atoms. The first-order valence-electron chi connectivity index (χ1n) is 11.4. The van der Waals surface area contributed by atoms with E-state index in [-0.39, 0.29) is 0 Å². The number of hydrogen-bond acceptors (Lipinski definition) is 8. The molecule has 12 heteroatoms. The molecule has 1 aliphatic rings. The van der Waals surface area contributed by atoms with E-state index in [1.165, 1.54) is 11.3 Å². The molecule has 0 bridgehead atoms. The molecule has 1 atom stereocenters. The minimum absolute atomic E-state index is 0.353. The van der Waals surface area contributed by atoms with Gasteiger partial charge in [0.1, 0.15) is 11.6 Å². The lowest BCUT2D eigenvalue weighted by Crippen LogP contribution is -2.36. The number of aromatic nitrogens is 3. The van der Waals surface area contributed by atoms with Crippen molar-refractivity contribution in [2.75, 3.05) is 37.8 Å². The first-order valence-corrected chi connectivity index (χ1v) is 12.2. The molecule has 1 unspecified atom stereocenters. The smallest absolute Gasteiger partial charge is 0.451 e. The zero-order valence-corrected chi connectivity index (χ0v) is 20.9. The Labute approximate surface area is 210 Å². The van der Waals surface area contributed by atoms with E-state index in [9.17, 15) is 18.0 Å². The van der Waals surface area contributed by atoms with Crippen LogP contribution in [0.15, 0.2) is 30.7 Å². The van der Waals surface area contributed by atoms with Gasteiger partial charge in [0, 0.05) is 47.7 Å². The minimum Gasteiger partial charge on any atom is -0.489 e. The fourth-order valence-electron chi connectivity index (χ4n) is 3.77.